The highest BCUT2D eigenvalue weighted by Crippen LogP contribution is 2.20. The van der Waals surface area contributed by atoms with Crippen LogP contribution in [0.5, 0.6) is 0 Å². The van der Waals surface area contributed by atoms with Crippen LogP contribution < -0.4 is 5.32 Å². The molecular formula is C12H10ClNO2. The molecule has 0 bridgehead atoms. The molecule has 1 heterocycles. The molecule has 0 saturated heterocycles. The molecule has 2 rings (SSSR count). The van der Waals surface area contributed by atoms with Crippen LogP contribution in [0.4, 0.5) is 5.69 Å². The minimum atomic E-state index is -0.214. The number of benzene rings is 1. The zero-order valence-electron chi connectivity index (χ0n) is 8.66. The van der Waals surface area contributed by atoms with Gasteiger partial charge in [-0.25, -0.2) is 0 Å². The molecule has 0 fully saturated rings. The summed E-state index contributed by atoms with van der Waals surface area (Å²) in [4.78, 5) is 11.7. The number of carbonyl (C=O) groups excluding carboxylic acids is 1. The highest BCUT2D eigenvalue weighted by Gasteiger charge is 2.07. The van der Waals surface area contributed by atoms with Crippen molar-refractivity contribution in [1.29, 1.82) is 0 Å². The van der Waals surface area contributed by atoms with E-state index < -0.39 is 0 Å². The van der Waals surface area contributed by atoms with Crippen LogP contribution in [-0.2, 0) is 0 Å². The summed E-state index contributed by atoms with van der Waals surface area (Å²) in [5, 5.41) is 3.36. The molecule has 0 spiro atoms. The first kappa shape index (κ1) is 10.8. The Labute approximate surface area is 98.0 Å². The van der Waals surface area contributed by atoms with Crippen molar-refractivity contribution >= 4 is 23.2 Å². The van der Waals surface area contributed by atoms with Gasteiger partial charge in [0.1, 0.15) is 6.26 Å². The first-order valence-electron chi connectivity index (χ1n) is 4.76. The van der Waals surface area contributed by atoms with Gasteiger partial charge in [0.15, 0.2) is 0 Å². The van der Waals surface area contributed by atoms with Crippen LogP contribution in [-0.4, -0.2) is 5.91 Å². The number of furan rings is 1. The van der Waals surface area contributed by atoms with Crippen LogP contribution in [0.2, 0.25) is 5.02 Å². The lowest BCUT2D eigenvalue weighted by Gasteiger charge is -2.05. The van der Waals surface area contributed by atoms with Crippen molar-refractivity contribution in [2.45, 2.75) is 6.92 Å². The summed E-state index contributed by atoms with van der Waals surface area (Å²) in [5.41, 5.74) is 2.13. The molecule has 1 aromatic carbocycles. The Morgan fingerprint density at radius 3 is 2.81 bits per heavy atom. The number of halogens is 1. The molecule has 82 valence electrons. The van der Waals surface area contributed by atoms with Gasteiger partial charge in [0.2, 0.25) is 0 Å². The van der Waals surface area contributed by atoms with Gasteiger partial charge in [0, 0.05) is 10.7 Å². The third-order valence-electron chi connectivity index (χ3n) is 2.21. The fourth-order valence-corrected chi connectivity index (χ4v) is 1.45. The topological polar surface area (TPSA) is 42.2 Å². The van der Waals surface area contributed by atoms with Crippen LogP contribution in [0, 0.1) is 6.92 Å². The summed E-state index contributed by atoms with van der Waals surface area (Å²) in [7, 11) is 0. The number of hydrogen-bond donors (Lipinski definition) is 1. The number of hydrogen-bond acceptors (Lipinski definition) is 2. The second-order valence-corrected chi connectivity index (χ2v) is 3.84. The molecular weight excluding hydrogens is 226 g/mol. The average Bonchev–Trinajstić information content (AvgIpc) is 2.77. The van der Waals surface area contributed by atoms with Gasteiger partial charge in [-0.1, -0.05) is 17.7 Å². The van der Waals surface area contributed by atoms with E-state index in [1.165, 1.54) is 12.5 Å². The van der Waals surface area contributed by atoms with Crippen LogP contribution in [0.1, 0.15) is 15.9 Å². The van der Waals surface area contributed by atoms with Crippen molar-refractivity contribution in [3.63, 3.8) is 0 Å². The van der Waals surface area contributed by atoms with E-state index in [0.29, 0.717) is 16.3 Å². The molecule has 1 N–H and O–H groups in total. The van der Waals surface area contributed by atoms with Gasteiger partial charge in [-0.05, 0) is 30.7 Å². The van der Waals surface area contributed by atoms with E-state index in [4.69, 9.17) is 16.0 Å². The van der Waals surface area contributed by atoms with Gasteiger partial charge < -0.3 is 9.73 Å². The van der Waals surface area contributed by atoms with Crippen molar-refractivity contribution in [3.8, 4) is 0 Å². The Morgan fingerprint density at radius 2 is 2.19 bits per heavy atom. The third kappa shape index (κ3) is 2.25. The van der Waals surface area contributed by atoms with Gasteiger partial charge in [0.05, 0.1) is 11.8 Å². The number of rotatable bonds is 2. The van der Waals surface area contributed by atoms with Gasteiger partial charge in [0.25, 0.3) is 5.91 Å². The standard InChI is InChI=1S/C12H10ClNO2/c1-8-2-3-10(6-11(8)13)14-12(15)9-4-5-16-7-9/h2-7H,1H3,(H,14,15). The number of amides is 1. The summed E-state index contributed by atoms with van der Waals surface area (Å²) in [6.07, 6.45) is 2.85. The van der Waals surface area contributed by atoms with Gasteiger partial charge in [-0.3, -0.25) is 4.79 Å². The van der Waals surface area contributed by atoms with Gasteiger partial charge >= 0.3 is 0 Å². The minimum absolute atomic E-state index is 0.214. The molecule has 16 heavy (non-hydrogen) atoms. The highest BCUT2D eigenvalue weighted by atomic mass is 35.5. The summed E-state index contributed by atoms with van der Waals surface area (Å²) in [5.74, 6) is -0.214. The maximum absolute atomic E-state index is 11.7. The molecule has 0 aliphatic carbocycles. The smallest absolute Gasteiger partial charge is 0.258 e. The maximum atomic E-state index is 11.7. The predicted octanol–water partition coefficient (Wildman–Crippen LogP) is 3.49. The molecule has 0 unspecified atom stereocenters. The highest BCUT2D eigenvalue weighted by molar-refractivity contribution is 6.31. The zero-order chi connectivity index (χ0) is 11.5. The summed E-state index contributed by atoms with van der Waals surface area (Å²) >= 11 is 5.95. The second kappa shape index (κ2) is 4.41. The Kier molecular flexibility index (Phi) is 2.97. The minimum Gasteiger partial charge on any atom is -0.472 e. The molecule has 4 heteroatoms. The molecule has 2 aromatic rings. The monoisotopic (exact) mass is 235 g/mol. The van der Waals surface area contributed by atoms with Crippen molar-refractivity contribution in [3.05, 3.63) is 52.9 Å². The Bertz CT molecular complexity index is 506. The first-order chi connectivity index (χ1) is 7.66. The van der Waals surface area contributed by atoms with Crippen LogP contribution in [0.15, 0.2) is 41.2 Å². The fourth-order valence-electron chi connectivity index (χ4n) is 1.27. The van der Waals surface area contributed by atoms with Gasteiger partial charge in [-0.2, -0.15) is 0 Å². The normalized spacial score (nSPS) is 10.1. The van der Waals surface area contributed by atoms with Crippen molar-refractivity contribution in [2.24, 2.45) is 0 Å². The van der Waals surface area contributed by atoms with Crippen LogP contribution >= 0.6 is 11.6 Å². The lowest BCUT2D eigenvalue weighted by molar-refractivity contribution is 0.102. The largest absolute Gasteiger partial charge is 0.472 e. The van der Waals surface area contributed by atoms with E-state index in [1.54, 1.807) is 18.2 Å². The maximum Gasteiger partial charge on any atom is 0.258 e. The van der Waals surface area contributed by atoms with Crippen LogP contribution in [0.25, 0.3) is 0 Å². The van der Waals surface area contributed by atoms with E-state index >= 15 is 0 Å². The fraction of sp³-hybridized carbons (Fsp3) is 0.0833. The molecule has 0 aliphatic heterocycles. The van der Waals surface area contributed by atoms with Gasteiger partial charge in [-0.15, -0.1) is 0 Å². The quantitative estimate of drug-likeness (QED) is 0.866. The summed E-state index contributed by atoms with van der Waals surface area (Å²) in [6.45, 7) is 1.91. The molecule has 0 atom stereocenters. The van der Waals surface area contributed by atoms with Crippen molar-refractivity contribution in [1.82, 2.24) is 0 Å². The molecule has 0 radical (unpaired) electrons. The Morgan fingerprint density at radius 1 is 1.38 bits per heavy atom. The van der Waals surface area contributed by atoms with Crippen LogP contribution in [0.3, 0.4) is 0 Å². The van der Waals surface area contributed by atoms with E-state index in [1.807, 2.05) is 13.0 Å². The third-order valence-corrected chi connectivity index (χ3v) is 2.62. The second-order valence-electron chi connectivity index (χ2n) is 3.43. The number of aryl methyl sites for hydroxylation is 1. The molecule has 1 aromatic heterocycles. The lowest BCUT2D eigenvalue weighted by atomic mass is 10.2. The van der Waals surface area contributed by atoms with E-state index in [9.17, 15) is 4.79 Å². The molecule has 0 saturated carbocycles. The average molecular weight is 236 g/mol. The van der Waals surface area contributed by atoms with Crippen molar-refractivity contribution < 1.29 is 9.21 Å². The SMILES string of the molecule is Cc1ccc(NC(=O)c2ccoc2)cc1Cl. The number of anilines is 1. The van der Waals surface area contributed by atoms with E-state index in [2.05, 4.69) is 5.32 Å². The Balaban J connectivity index is 2.15. The number of carbonyl (C=O) groups is 1. The van der Waals surface area contributed by atoms with E-state index in [0.717, 1.165) is 5.56 Å². The summed E-state index contributed by atoms with van der Waals surface area (Å²) < 4.78 is 4.83. The predicted molar refractivity (Wildman–Crippen MR) is 62.9 cm³/mol. The lowest BCUT2D eigenvalue weighted by Crippen LogP contribution is -2.10. The zero-order valence-corrected chi connectivity index (χ0v) is 9.41. The first-order valence-corrected chi connectivity index (χ1v) is 5.14. The van der Waals surface area contributed by atoms with E-state index in [-0.39, 0.29) is 5.91 Å². The number of nitrogens with one attached hydrogen (secondary N) is 1. The molecule has 1 amide bonds. The molecule has 3 nitrogen and oxygen atoms in total. The molecule has 0 aliphatic rings. The van der Waals surface area contributed by atoms with Crippen molar-refractivity contribution in [2.75, 3.05) is 5.32 Å². The summed E-state index contributed by atoms with van der Waals surface area (Å²) in [6, 6.07) is 6.98. The Hall–Kier alpha value is -1.74.